The predicted molar refractivity (Wildman–Crippen MR) is 244 cm³/mol. The van der Waals surface area contributed by atoms with Crippen molar-refractivity contribution in [2.45, 2.75) is 51.4 Å². The zero-order chi connectivity index (χ0) is 42.5. The van der Waals surface area contributed by atoms with Gasteiger partial charge in [-0.05, 0) is 133 Å². The average molecular weight is 946 g/mol. The maximum Gasteiger partial charge on any atom is 0.379 e. The highest BCUT2D eigenvalue weighted by Gasteiger charge is 2.36. The van der Waals surface area contributed by atoms with Gasteiger partial charge in [-0.2, -0.15) is 0 Å². The van der Waals surface area contributed by atoms with E-state index in [-0.39, 0.29) is 30.3 Å². The van der Waals surface area contributed by atoms with E-state index in [1.54, 1.807) is 0 Å². The number of ether oxygens (including phenoxy) is 1. The van der Waals surface area contributed by atoms with Crippen LogP contribution in [0.2, 0.25) is 0 Å². The molecule has 4 aliphatic heterocycles. The van der Waals surface area contributed by atoms with Crippen LogP contribution in [-0.4, -0.2) is 72.5 Å². The van der Waals surface area contributed by atoms with Gasteiger partial charge in [0.05, 0.1) is 20.0 Å². The van der Waals surface area contributed by atoms with Crippen molar-refractivity contribution in [3.63, 3.8) is 0 Å². The number of aromatic nitrogens is 2. The molecule has 1 aliphatic carbocycles. The fourth-order valence-electron chi connectivity index (χ4n) is 9.66. The van der Waals surface area contributed by atoms with Gasteiger partial charge in [-0.3, -0.25) is 19.2 Å². The zero-order valence-corrected chi connectivity index (χ0v) is 36.8. The summed E-state index contributed by atoms with van der Waals surface area (Å²) in [6, 6.07) is 19.9. The second-order valence-corrected chi connectivity index (χ2v) is 17.9. The van der Waals surface area contributed by atoms with Gasteiger partial charge in [-0.15, -0.1) is 0 Å². The lowest BCUT2D eigenvalue weighted by Crippen LogP contribution is -2.26. The van der Waals surface area contributed by atoms with Crippen molar-refractivity contribution in [3.05, 3.63) is 127 Å². The third kappa shape index (κ3) is 7.74. The molecule has 4 aromatic carbocycles. The number of nitrogens with one attached hydrogen (secondary N) is 2. The Labute approximate surface area is 368 Å². The van der Waals surface area contributed by atoms with Crippen molar-refractivity contribution in [3.8, 4) is 0 Å². The highest BCUT2D eigenvalue weighted by molar-refractivity contribution is 9.10. The molecule has 5 aliphatic rings. The fourth-order valence-corrected chi connectivity index (χ4v) is 10.4. The molecular weight excluding hydrogens is 902 g/mol. The fraction of sp³-hybridized carbons (Fsp3) is 0.271. The highest BCUT2D eigenvalue weighted by Crippen LogP contribution is 2.43. The molecule has 11 nitrogen and oxygen atoms in total. The van der Waals surface area contributed by atoms with Gasteiger partial charge in [-0.1, -0.05) is 31.9 Å². The molecule has 0 saturated carbocycles. The van der Waals surface area contributed by atoms with Gasteiger partial charge in [0.1, 0.15) is 0 Å². The van der Waals surface area contributed by atoms with Crippen molar-refractivity contribution >= 4 is 105 Å². The molecule has 11 rings (SSSR count). The molecule has 310 valence electrons. The number of nitrogens with two attached hydrogens (primary N) is 1. The van der Waals surface area contributed by atoms with Crippen LogP contribution < -0.4 is 15.5 Å². The number of H-pyrrole nitrogens is 2. The topological polar surface area (TPSA) is 159 Å². The minimum atomic E-state index is -0.784. The Morgan fingerprint density at radius 2 is 1.23 bits per heavy atom. The summed E-state index contributed by atoms with van der Waals surface area (Å²) in [6.07, 6.45) is 10.2. The van der Waals surface area contributed by atoms with E-state index < -0.39 is 11.8 Å². The summed E-state index contributed by atoms with van der Waals surface area (Å²) in [4.78, 5) is 71.0. The number of carbonyl (C=O) groups is 5. The van der Waals surface area contributed by atoms with Gasteiger partial charge in [-0.25, -0.2) is 4.79 Å². The summed E-state index contributed by atoms with van der Waals surface area (Å²) in [5.74, 6) is -1.78. The van der Waals surface area contributed by atoms with E-state index in [4.69, 9.17) is 5.73 Å². The number of anilines is 2. The van der Waals surface area contributed by atoms with Crippen molar-refractivity contribution in [1.82, 2.24) is 9.97 Å². The first-order chi connectivity index (χ1) is 29.5. The Bertz CT molecular complexity index is 2870. The number of hydrogen-bond acceptors (Lipinski definition) is 8. The van der Waals surface area contributed by atoms with E-state index >= 15 is 0 Å². The van der Waals surface area contributed by atoms with E-state index in [2.05, 4.69) is 68.5 Å². The molecule has 0 fully saturated rings. The number of carbonyl (C=O) groups excluding carboxylic acids is 5. The van der Waals surface area contributed by atoms with Crippen LogP contribution in [0.3, 0.4) is 0 Å². The minimum Gasteiger partial charge on any atom is -0.463 e. The van der Waals surface area contributed by atoms with Crippen LogP contribution in [0, 0.1) is 0 Å². The molecule has 13 heteroatoms. The molecule has 4 N–H and O–H groups in total. The Balaban J connectivity index is 0.000000127. The maximum absolute atomic E-state index is 13.0. The molecule has 0 spiro atoms. The SMILES string of the molecule is COC(=O)C(=O)c1cc2c3c(c1)CCN3CCC2.NC(=O)Cc1c[nH]c2ccc(Br)cc12.O=C1CC(=O)C(c2c[nH]c3ccc(Br)cc23)=C1c1cc2c3c(c1)CCN3CCC2. The number of methoxy groups -OCH3 is 1. The monoisotopic (exact) mass is 943 g/mol. The van der Waals surface area contributed by atoms with E-state index in [0.29, 0.717) is 16.7 Å². The standard InChI is InChI=1S/C24H19BrN2O2.C14H15NO3.C10H9BrN2O/c25-16-3-4-19-17(10-16)18(12-26-19)23-21(29)11-20(28)22(23)15-8-13-2-1-6-27-7-5-14(9-15)24(13)27;1-18-14(17)13(16)11-7-9-3-2-5-15-6-4-10(8-11)12(9)15;11-7-1-2-9-8(4-7)6(5-13-9)3-10(12)14/h3-4,8-10,12,26H,1-2,5-7,11H2;7-8H,2-6H2,1H3;1-2,4-5,13H,3H2,(H2,12,14). The zero-order valence-electron chi connectivity index (χ0n) is 33.6. The molecule has 2 aromatic heterocycles. The Hall–Kier alpha value is -5.79. The number of benzene rings is 4. The number of fused-ring (bicyclic) bond motifs is 2. The molecule has 0 bridgehead atoms. The second kappa shape index (κ2) is 16.6. The van der Waals surface area contributed by atoms with Crippen molar-refractivity contribution in [1.29, 1.82) is 0 Å². The third-order valence-corrected chi connectivity index (χ3v) is 13.3. The lowest BCUT2D eigenvalue weighted by atomic mass is 9.90. The summed E-state index contributed by atoms with van der Waals surface area (Å²) in [5, 5.41) is 2.00. The Morgan fingerprint density at radius 1 is 0.689 bits per heavy atom. The van der Waals surface area contributed by atoms with Crippen molar-refractivity contribution in [2.75, 3.05) is 43.1 Å². The summed E-state index contributed by atoms with van der Waals surface area (Å²) >= 11 is 6.91. The molecule has 0 unspecified atom stereocenters. The first kappa shape index (κ1) is 40.6. The van der Waals surface area contributed by atoms with Crippen LogP contribution in [0.5, 0.6) is 0 Å². The summed E-state index contributed by atoms with van der Waals surface area (Å²) in [6.45, 7) is 4.30. The van der Waals surface area contributed by atoms with Gasteiger partial charge in [0.2, 0.25) is 5.91 Å². The lowest BCUT2D eigenvalue weighted by Gasteiger charge is -2.27. The number of primary amides is 1. The van der Waals surface area contributed by atoms with Gasteiger partial charge in [0.15, 0.2) is 11.6 Å². The number of hydrogen-bond donors (Lipinski definition) is 3. The van der Waals surface area contributed by atoms with E-state index in [1.807, 2.05) is 60.9 Å². The van der Waals surface area contributed by atoms with Crippen LogP contribution in [0.4, 0.5) is 11.4 Å². The number of rotatable bonds is 6. The van der Waals surface area contributed by atoms with E-state index in [9.17, 15) is 24.0 Å². The van der Waals surface area contributed by atoms with Gasteiger partial charge in [0.25, 0.3) is 5.78 Å². The molecule has 0 saturated heterocycles. The quantitative estimate of drug-likeness (QED) is 0.0656. The summed E-state index contributed by atoms with van der Waals surface area (Å²) in [5.41, 5.74) is 19.1. The molecule has 6 heterocycles. The van der Waals surface area contributed by atoms with Gasteiger partial charge in [0, 0.05) is 103 Å². The largest absolute Gasteiger partial charge is 0.463 e. The van der Waals surface area contributed by atoms with Crippen LogP contribution in [0.25, 0.3) is 33.0 Å². The average Bonchev–Trinajstić information content (AvgIpc) is 4.09. The first-order valence-corrected chi connectivity index (χ1v) is 22.1. The number of amides is 1. The lowest BCUT2D eigenvalue weighted by molar-refractivity contribution is -0.135. The molecular formula is C48H43Br2N5O6. The number of aromatic amines is 2. The normalized spacial score (nSPS) is 16.0. The van der Waals surface area contributed by atoms with Gasteiger partial charge < -0.3 is 30.2 Å². The third-order valence-electron chi connectivity index (χ3n) is 12.3. The van der Waals surface area contributed by atoms with Crippen molar-refractivity contribution in [2.24, 2.45) is 5.73 Å². The maximum atomic E-state index is 13.0. The number of halogens is 2. The smallest absolute Gasteiger partial charge is 0.379 e. The number of ketones is 3. The number of esters is 1. The first-order valence-electron chi connectivity index (χ1n) is 20.5. The molecule has 6 aromatic rings. The Morgan fingerprint density at radius 3 is 1.85 bits per heavy atom. The van der Waals surface area contributed by atoms with E-state index in [1.165, 1.54) is 40.7 Å². The second-order valence-electron chi connectivity index (χ2n) is 16.1. The summed E-state index contributed by atoms with van der Waals surface area (Å²) in [7, 11) is 1.24. The number of nitrogens with zero attached hydrogens (tertiary/aromatic N) is 2. The van der Waals surface area contributed by atoms with Crippen LogP contribution in [-0.2, 0) is 56.0 Å². The predicted octanol–water partition coefficient (Wildman–Crippen LogP) is 8.00. The highest BCUT2D eigenvalue weighted by atomic mass is 79.9. The number of allylic oxidation sites excluding steroid dienone is 2. The van der Waals surface area contributed by atoms with E-state index in [0.717, 1.165) is 112 Å². The van der Waals surface area contributed by atoms with Gasteiger partial charge >= 0.3 is 5.97 Å². The van der Waals surface area contributed by atoms with Crippen molar-refractivity contribution < 1.29 is 28.7 Å². The number of aryl methyl sites for hydroxylation is 2. The van der Waals surface area contributed by atoms with Crippen LogP contribution in [0.1, 0.15) is 68.6 Å². The molecule has 0 atom stereocenters. The van der Waals surface area contributed by atoms with Crippen LogP contribution in [0.15, 0.2) is 82.0 Å². The molecule has 1 amide bonds. The van der Waals surface area contributed by atoms with Crippen LogP contribution >= 0.6 is 31.9 Å². The minimum absolute atomic E-state index is 0.0378. The summed E-state index contributed by atoms with van der Waals surface area (Å²) < 4.78 is 6.44. The number of Topliss-reactive ketones (excluding diaryl/α,β-unsaturated/α-hetero) is 3. The molecule has 61 heavy (non-hydrogen) atoms. The Kier molecular flexibility index (Phi) is 11.0. The molecule has 0 radical (unpaired) electrons.